The molecule has 32 heavy (non-hydrogen) atoms. The van der Waals surface area contributed by atoms with Crippen molar-refractivity contribution in [1.82, 2.24) is 19.9 Å². The minimum absolute atomic E-state index is 0.0130. The van der Waals surface area contributed by atoms with Gasteiger partial charge in [-0.15, -0.1) is 11.3 Å². The first kappa shape index (κ1) is 21.4. The second kappa shape index (κ2) is 7.86. The lowest BCUT2D eigenvalue weighted by Crippen LogP contribution is -2.40. The van der Waals surface area contributed by atoms with Crippen LogP contribution in [0.4, 0.5) is 13.2 Å². The van der Waals surface area contributed by atoms with Crippen molar-refractivity contribution in [2.24, 2.45) is 17.8 Å². The molecule has 3 aromatic rings. The molecule has 5 nitrogen and oxygen atoms in total. The molecule has 1 amide bonds. The predicted molar refractivity (Wildman–Crippen MR) is 117 cm³/mol. The van der Waals surface area contributed by atoms with Crippen molar-refractivity contribution in [1.29, 1.82) is 0 Å². The van der Waals surface area contributed by atoms with Crippen LogP contribution in [0.1, 0.15) is 60.6 Å². The normalized spacial score (nSPS) is 23.7. The number of thiophene rings is 1. The lowest BCUT2D eigenvalue weighted by Gasteiger charge is -2.28. The summed E-state index contributed by atoms with van der Waals surface area (Å²) in [5, 5.41) is 6.97. The molecule has 9 heteroatoms. The number of amides is 1. The van der Waals surface area contributed by atoms with Gasteiger partial charge in [0.25, 0.3) is 5.91 Å². The monoisotopic (exact) mass is 462 g/mol. The molecule has 0 spiro atoms. The summed E-state index contributed by atoms with van der Waals surface area (Å²) in [4.78, 5) is 19.0. The Bertz CT molecular complexity index is 1170. The van der Waals surface area contributed by atoms with E-state index in [0.717, 1.165) is 34.2 Å². The van der Waals surface area contributed by atoms with Crippen LogP contribution in [0.3, 0.4) is 0 Å². The van der Waals surface area contributed by atoms with E-state index >= 15 is 0 Å². The molecule has 2 aliphatic rings. The Morgan fingerprint density at radius 2 is 2.09 bits per heavy atom. The third kappa shape index (κ3) is 3.80. The van der Waals surface area contributed by atoms with Gasteiger partial charge in [0.1, 0.15) is 0 Å². The molecule has 0 radical (unpaired) electrons. The highest BCUT2D eigenvalue weighted by atomic mass is 32.1. The first-order valence-electron chi connectivity index (χ1n) is 11.1. The summed E-state index contributed by atoms with van der Waals surface area (Å²) >= 11 is 1.42. The fourth-order valence-electron chi connectivity index (χ4n) is 5.41. The number of fused-ring (bicyclic) bond motifs is 3. The third-order valence-electron chi connectivity index (χ3n) is 7.01. The van der Waals surface area contributed by atoms with Gasteiger partial charge in [-0.1, -0.05) is 13.3 Å². The number of rotatable bonds is 5. The van der Waals surface area contributed by atoms with E-state index in [1.807, 2.05) is 19.9 Å². The van der Waals surface area contributed by atoms with E-state index in [1.165, 1.54) is 36.7 Å². The second-order valence-electron chi connectivity index (χ2n) is 9.04. The smallest absolute Gasteiger partial charge is 0.348 e. The minimum atomic E-state index is -4.63. The molecule has 1 N–H and O–H groups in total. The maximum Gasteiger partial charge on any atom is 0.433 e. The zero-order valence-electron chi connectivity index (χ0n) is 17.9. The maximum atomic E-state index is 13.8. The molecule has 3 heterocycles. The van der Waals surface area contributed by atoms with E-state index in [9.17, 15) is 18.0 Å². The van der Waals surface area contributed by atoms with Gasteiger partial charge < -0.3 is 5.32 Å². The number of hydrogen-bond donors (Lipinski definition) is 1. The van der Waals surface area contributed by atoms with Crippen LogP contribution in [0.15, 0.2) is 24.3 Å². The van der Waals surface area contributed by atoms with Crippen LogP contribution >= 0.6 is 11.3 Å². The largest absolute Gasteiger partial charge is 0.433 e. The molecule has 170 valence electrons. The van der Waals surface area contributed by atoms with Gasteiger partial charge in [-0.2, -0.15) is 18.3 Å². The molecule has 2 aliphatic carbocycles. The van der Waals surface area contributed by atoms with Crippen LogP contribution in [-0.4, -0.2) is 26.5 Å². The topological polar surface area (TPSA) is 59.3 Å². The summed E-state index contributed by atoms with van der Waals surface area (Å²) < 4.78 is 42.2. The van der Waals surface area contributed by atoms with Gasteiger partial charge in [-0.05, 0) is 68.6 Å². The van der Waals surface area contributed by atoms with E-state index in [4.69, 9.17) is 0 Å². The summed E-state index contributed by atoms with van der Waals surface area (Å²) in [7, 11) is 0. The van der Waals surface area contributed by atoms with Gasteiger partial charge in [0, 0.05) is 17.0 Å². The van der Waals surface area contributed by atoms with Crippen molar-refractivity contribution in [3.63, 3.8) is 0 Å². The highest BCUT2D eigenvalue weighted by Crippen LogP contribution is 2.49. The Kier molecular flexibility index (Phi) is 5.27. The minimum Gasteiger partial charge on any atom is -0.348 e. The molecule has 0 unspecified atom stereocenters. The van der Waals surface area contributed by atoms with Gasteiger partial charge in [-0.3, -0.25) is 4.79 Å². The zero-order valence-corrected chi connectivity index (χ0v) is 18.8. The van der Waals surface area contributed by atoms with Crippen molar-refractivity contribution in [2.45, 2.75) is 58.2 Å². The number of halogens is 3. The molecule has 2 bridgehead atoms. The van der Waals surface area contributed by atoms with Crippen LogP contribution < -0.4 is 5.32 Å². The summed E-state index contributed by atoms with van der Waals surface area (Å²) in [6, 6.07) is 5.99. The Morgan fingerprint density at radius 3 is 2.72 bits per heavy atom. The molecule has 0 aromatic carbocycles. The van der Waals surface area contributed by atoms with E-state index in [-0.39, 0.29) is 23.1 Å². The SMILES string of the molecule is CCc1ccc(-c2cc(C(F)(F)F)n3nc(C(=O)N[C@@H](C)[C@@H]4C[C@H]5CC[C@H]4C5)cc3n2)s1. The number of hydrogen-bond acceptors (Lipinski definition) is 4. The maximum absolute atomic E-state index is 13.8. The molecule has 0 aliphatic heterocycles. The van der Waals surface area contributed by atoms with Gasteiger partial charge in [0.2, 0.25) is 0 Å². The summed E-state index contributed by atoms with van der Waals surface area (Å²) in [6.45, 7) is 3.98. The van der Waals surface area contributed by atoms with E-state index in [0.29, 0.717) is 16.7 Å². The Hall–Kier alpha value is -2.42. The number of carbonyl (C=O) groups excluding carboxylic acids is 1. The highest BCUT2D eigenvalue weighted by molar-refractivity contribution is 7.15. The molecule has 3 aromatic heterocycles. The molecule has 4 atom stereocenters. The standard InChI is InChI=1S/C23H25F3N4OS/c1-3-15-6-7-19(32-15)17-10-20(23(24,25)26)30-21(28-17)11-18(29-30)22(31)27-12(2)16-9-13-4-5-14(16)8-13/h6-7,10-14,16H,3-5,8-9H2,1-2H3,(H,27,31)/t12-,13-,14-,16-/m0/s1. The van der Waals surface area contributed by atoms with E-state index < -0.39 is 17.8 Å². The number of aryl methyl sites for hydroxylation is 1. The zero-order chi connectivity index (χ0) is 22.6. The van der Waals surface area contributed by atoms with Crippen LogP contribution in [0.5, 0.6) is 0 Å². The molecule has 5 rings (SSSR count). The highest BCUT2D eigenvalue weighted by Gasteiger charge is 2.42. The van der Waals surface area contributed by atoms with Gasteiger partial charge in [-0.25, -0.2) is 9.50 Å². The lowest BCUT2D eigenvalue weighted by atomic mass is 9.84. The quantitative estimate of drug-likeness (QED) is 0.537. The van der Waals surface area contributed by atoms with Crippen molar-refractivity contribution >= 4 is 22.9 Å². The summed E-state index contributed by atoms with van der Waals surface area (Å²) in [5.74, 6) is 1.36. The van der Waals surface area contributed by atoms with E-state index in [1.54, 1.807) is 6.07 Å². The third-order valence-corrected chi connectivity index (χ3v) is 8.26. The van der Waals surface area contributed by atoms with Crippen molar-refractivity contribution in [3.8, 4) is 10.6 Å². The second-order valence-corrected chi connectivity index (χ2v) is 10.2. The Morgan fingerprint density at radius 1 is 1.28 bits per heavy atom. The molecular formula is C23H25F3N4OS. The molecular weight excluding hydrogens is 437 g/mol. The van der Waals surface area contributed by atoms with Gasteiger partial charge in [0.05, 0.1) is 10.6 Å². The average molecular weight is 463 g/mol. The fraction of sp³-hybridized carbons (Fsp3) is 0.522. The fourth-order valence-corrected chi connectivity index (χ4v) is 6.32. The molecule has 2 fully saturated rings. The average Bonchev–Trinajstić information content (AvgIpc) is 3.54. The Balaban J connectivity index is 1.46. The number of nitrogens with one attached hydrogen (secondary N) is 1. The number of alkyl halides is 3. The predicted octanol–water partition coefficient (Wildman–Crippen LogP) is 5.59. The van der Waals surface area contributed by atoms with Crippen LogP contribution in [0.25, 0.3) is 16.2 Å². The number of aromatic nitrogens is 3. The van der Waals surface area contributed by atoms with Crippen molar-refractivity contribution in [2.75, 3.05) is 0 Å². The van der Waals surface area contributed by atoms with Crippen LogP contribution in [0, 0.1) is 17.8 Å². The van der Waals surface area contributed by atoms with Gasteiger partial charge in [0.15, 0.2) is 17.0 Å². The number of carbonyl (C=O) groups is 1. The van der Waals surface area contributed by atoms with E-state index in [2.05, 4.69) is 15.4 Å². The first-order valence-corrected chi connectivity index (χ1v) is 11.9. The van der Waals surface area contributed by atoms with Gasteiger partial charge >= 0.3 is 6.18 Å². The van der Waals surface area contributed by atoms with Crippen LogP contribution in [-0.2, 0) is 12.6 Å². The number of nitrogens with zero attached hydrogens (tertiary/aromatic N) is 3. The summed E-state index contributed by atoms with van der Waals surface area (Å²) in [6.07, 6.45) is 0.985. The van der Waals surface area contributed by atoms with Crippen molar-refractivity contribution < 1.29 is 18.0 Å². The van der Waals surface area contributed by atoms with Crippen molar-refractivity contribution in [3.05, 3.63) is 40.5 Å². The lowest BCUT2D eigenvalue weighted by molar-refractivity contribution is -0.142. The Labute approximate surface area is 188 Å². The molecule has 2 saturated carbocycles. The molecule has 0 saturated heterocycles. The summed E-state index contributed by atoms with van der Waals surface area (Å²) in [5.41, 5.74) is -0.740. The van der Waals surface area contributed by atoms with Crippen LogP contribution in [0.2, 0.25) is 0 Å². The first-order chi connectivity index (χ1) is 15.2.